The molecule has 21 heavy (non-hydrogen) atoms. The standard InChI is InChI=1S/2C4H7NO4.Mg.2H2O/c2*5-2(4(8)9)1-3(6)7;;;/h2*2H,1,5H2,(H,6,7)(H,8,9);;2*1H2/q;;+2;;/t2*2-;;;/m00.../s1. The van der Waals surface area contributed by atoms with Gasteiger partial charge in [0.1, 0.15) is 12.1 Å². The van der Waals surface area contributed by atoms with Gasteiger partial charge in [-0.15, -0.1) is 0 Å². The molecule has 0 heterocycles. The summed E-state index contributed by atoms with van der Waals surface area (Å²) in [7, 11) is 0. The van der Waals surface area contributed by atoms with Crippen molar-refractivity contribution in [2.24, 2.45) is 11.5 Å². The van der Waals surface area contributed by atoms with Gasteiger partial charge in [-0.2, -0.15) is 0 Å². The molecule has 13 heteroatoms. The van der Waals surface area contributed by atoms with Gasteiger partial charge in [0.05, 0.1) is 12.8 Å². The number of rotatable bonds is 6. The number of hydrogen-bond acceptors (Lipinski definition) is 6. The first-order valence-corrected chi connectivity index (χ1v) is 4.48. The molecular formula is C8H18MgN2O10+2. The van der Waals surface area contributed by atoms with E-state index < -0.39 is 48.8 Å². The van der Waals surface area contributed by atoms with Crippen molar-refractivity contribution >= 4 is 46.9 Å². The molecule has 0 unspecified atom stereocenters. The minimum Gasteiger partial charge on any atom is -0.481 e. The zero-order chi connectivity index (χ0) is 14.9. The van der Waals surface area contributed by atoms with Crippen molar-refractivity contribution in [1.82, 2.24) is 0 Å². The number of hydrogen-bond donors (Lipinski definition) is 6. The predicted octanol–water partition coefficient (Wildman–Crippen LogP) is -4.28. The van der Waals surface area contributed by atoms with Gasteiger partial charge in [-0.25, -0.2) is 0 Å². The van der Waals surface area contributed by atoms with Crippen LogP contribution < -0.4 is 11.5 Å². The van der Waals surface area contributed by atoms with Crippen molar-refractivity contribution in [3.05, 3.63) is 0 Å². The van der Waals surface area contributed by atoms with Gasteiger partial charge in [0.2, 0.25) is 0 Å². The van der Waals surface area contributed by atoms with E-state index in [2.05, 4.69) is 0 Å². The van der Waals surface area contributed by atoms with E-state index in [0.717, 1.165) is 0 Å². The van der Waals surface area contributed by atoms with Crippen LogP contribution in [0.5, 0.6) is 0 Å². The van der Waals surface area contributed by atoms with E-state index in [4.69, 9.17) is 31.9 Å². The molecule has 0 aromatic heterocycles. The summed E-state index contributed by atoms with van der Waals surface area (Å²) in [5.41, 5.74) is 9.67. The number of carboxylic acid groups (broad SMARTS) is 4. The molecule has 0 aliphatic rings. The first-order valence-electron chi connectivity index (χ1n) is 4.48. The fourth-order valence-corrected chi connectivity index (χ4v) is 0.551. The molecule has 0 amide bonds. The zero-order valence-electron chi connectivity index (χ0n) is 10.9. The minimum atomic E-state index is -1.29. The molecule has 0 aromatic carbocycles. The van der Waals surface area contributed by atoms with E-state index in [-0.39, 0.29) is 34.0 Å². The van der Waals surface area contributed by atoms with Crippen molar-refractivity contribution < 1.29 is 50.6 Å². The topological polar surface area (TPSA) is 264 Å². The molecule has 0 saturated carbocycles. The van der Waals surface area contributed by atoms with Crippen LogP contribution in [0.2, 0.25) is 0 Å². The Hall–Kier alpha value is -1.51. The summed E-state index contributed by atoms with van der Waals surface area (Å²) >= 11 is 0. The first kappa shape index (κ1) is 31.7. The van der Waals surface area contributed by atoms with Crippen LogP contribution in [0.15, 0.2) is 0 Å². The SMILES string of the molecule is N[C@@H](CC(=O)O)C(=O)O.N[C@@H](CC(=O)O)C(=O)O.O.O.[Mg+2]. The Morgan fingerprint density at radius 3 is 0.952 bits per heavy atom. The van der Waals surface area contributed by atoms with Crippen LogP contribution in [-0.2, 0) is 19.2 Å². The fraction of sp³-hybridized carbons (Fsp3) is 0.500. The van der Waals surface area contributed by atoms with Crippen LogP contribution in [0.25, 0.3) is 0 Å². The second-order valence-electron chi connectivity index (χ2n) is 3.09. The minimum absolute atomic E-state index is 0. The summed E-state index contributed by atoms with van der Waals surface area (Å²) in [5.74, 6) is -5.00. The van der Waals surface area contributed by atoms with Crippen LogP contribution in [0.1, 0.15) is 12.8 Å². The number of aliphatic carboxylic acids is 4. The van der Waals surface area contributed by atoms with Gasteiger partial charge in [0.15, 0.2) is 0 Å². The van der Waals surface area contributed by atoms with E-state index in [1.807, 2.05) is 0 Å². The second kappa shape index (κ2) is 16.5. The summed E-state index contributed by atoms with van der Waals surface area (Å²) < 4.78 is 0. The summed E-state index contributed by atoms with van der Waals surface area (Å²) in [6, 6.07) is -2.58. The quantitative estimate of drug-likeness (QED) is 0.255. The fourth-order valence-electron chi connectivity index (χ4n) is 0.551. The maximum atomic E-state index is 9.85. The van der Waals surface area contributed by atoms with Gasteiger partial charge in [0, 0.05) is 0 Å². The molecule has 0 spiro atoms. The van der Waals surface area contributed by atoms with Crippen molar-refractivity contribution in [3.63, 3.8) is 0 Å². The summed E-state index contributed by atoms with van der Waals surface area (Å²) in [6.45, 7) is 0. The van der Waals surface area contributed by atoms with Gasteiger partial charge in [-0.05, 0) is 0 Å². The summed E-state index contributed by atoms with van der Waals surface area (Å²) in [6.07, 6.45) is -1.06. The van der Waals surface area contributed by atoms with Crippen molar-refractivity contribution in [2.45, 2.75) is 24.9 Å². The molecule has 0 rings (SSSR count). The Morgan fingerprint density at radius 2 is 0.905 bits per heavy atom. The van der Waals surface area contributed by atoms with Gasteiger partial charge < -0.3 is 42.8 Å². The molecule has 0 aliphatic heterocycles. The van der Waals surface area contributed by atoms with Crippen LogP contribution >= 0.6 is 0 Å². The third-order valence-electron chi connectivity index (χ3n) is 1.42. The van der Waals surface area contributed by atoms with Crippen LogP contribution in [0.4, 0.5) is 0 Å². The Kier molecular flexibility index (Phi) is 25.0. The summed E-state index contributed by atoms with van der Waals surface area (Å²) in [5, 5.41) is 32.1. The van der Waals surface area contributed by atoms with Gasteiger partial charge >= 0.3 is 46.9 Å². The van der Waals surface area contributed by atoms with E-state index in [1.54, 1.807) is 0 Å². The number of carbonyl (C=O) groups is 4. The largest absolute Gasteiger partial charge is 2.00 e. The molecule has 120 valence electrons. The monoisotopic (exact) mass is 326 g/mol. The smallest absolute Gasteiger partial charge is 0.481 e. The average Bonchev–Trinajstić information content (AvgIpc) is 2.16. The number of nitrogens with two attached hydrogens (primary N) is 2. The van der Waals surface area contributed by atoms with Crippen LogP contribution in [0, 0.1) is 0 Å². The average molecular weight is 327 g/mol. The molecule has 2 atom stereocenters. The first-order chi connectivity index (χ1) is 8.07. The predicted molar refractivity (Wildman–Crippen MR) is 68.7 cm³/mol. The Morgan fingerprint density at radius 1 is 0.714 bits per heavy atom. The second-order valence-corrected chi connectivity index (χ2v) is 3.09. The third-order valence-corrected chi connectivity index (χ3v) is 1.42. The van der Waals surface area contributed by atoms with E-state index in [1.165, 1.54) is 0 Å². The Balaban J connectivity index is -0.0000000711. The molecule has 0 aromatic rings. The Labute approximate surface area is 134 Å². The van der Waals surface area contributed by atoms with E-state index in [0.29, 0.717) is 0 Å². The third kappa shape index (κ3) is 23.9. The molecule has 12 nitrogen and oxygen atoms in total. The van der Waals surface area contributed by atoms with Crippen molar-refractivity contribution in [1.29, 1.82) is 0 Å². The Bertz CT molecular complexity index is 305. The maximum Gasteiger partial charge on any atom is 2.00 e. The zero-order valence-corrected chi connectivity index (χ0v) is 12.3. The van der Waals surface area contributed by atoms with Crippen LogP contribution in [-0.4, -0.2) is 90.4 Å². The van der Waals surface area contributed by atoms with Crippen molar-refractivity contribution in [2.75, 3.05) is 0 Å². The van der Waals surface area contributed by atoms with E-state index in [9.17, 15) is 19.2 Å². The molecular weight excluding hydrogens is 308 g/mol. The molecule has 0 aliphatic carbocycles. The van der Waals surface area contributed by atoms with Crippen molar-refractivity contribution in [3.8, 4) is 0 Å². The summed E-state index contributed by atoms with van der Waals surface area (Å²) in [4.78, 5) is 39.2. The van der Waals surface area contributed by atoms with Gasteiger partial charge in [-0.1, -0.05) is 0 Å². The maximum absolute atomic E-state index is 9.85. The van der Waals surface area contributed by atoms with Crippen LogP contribution in [0.3, 0.4) is 0 Å². The van der Waals surface area contributed by atoms with Gasteiger partial charge in [-0.3, -0.25) is 19.2 Å². The molecule has 0 radical (unpaired) electrons. The van der Waals surface area contributed by atoms with E-state index >= 15 is 0 Å². The molecule has 0 fully saturated rings. The molecule has 0 saturated heterocycles. The van der Waals surface area contributed by atoms with Gasteiger partial charge in [0.25, 0.3) is 0 Å². The number of carboxylic acids is 4. The molecule has 12 N–H and O–H groups in total. The normalized spacial score (nSPS) is 10.8. The molecule has 0 bridgehead atoms.